The zero-order valence-electron chi connectivity index (χ0n) is 20.1. The number of hydrogen-bond acceptors (Lipinski definition) is 5. The monoisotopic (exact) mass is 491 g/mol. The van der Waals surface area contributed by atoms with Crippen LogP contribution in [0.3, 0.4) is 0 Å². The summed E-state index contributed by atoms with van der Waals surface area (Å²) in [5.41, 5.74) is 2.68. The Hall–Kier alpha value is -3.78. The van der Waals surface area contributed by atoms with Crippen molar-refractivity contribution in [3.8, 4) is 22.4 Å². The zero-order valence-corrected chi connectivity index (χ0v) is 20.1. The number of alkyl halides is 3. The second-order valence-electron chi connectivity index (χ2n) is 8.86. The minimum Gasteiger partial charge on any atom is -0.353 e. The summed E-state index contributed by atoms with van der Waals surface area (Å²) in [6.45, 7) is 4.77. The molecule has 2 aromatic carbocycles. The molecule has 4 rings (SSSR count). The summed E-state index contributed by atoms with van der Waals surface area (Å²) in [4.78, 5) is 13.2. The molecule has 0 saturated carbocycles. The van der Waals surface area contributed by atoms with Gasteiger partial charge in [-0.05, 0) is 41.8 Å². The Morgan fingerprint density at radius 1 is 0.889 bits per heavy atom. The Balaban J connectivity index is 1.63. The molecule has 0 aliphatic heterocycles. The van der Waals surface area contributed by atoms with E-state index in [0.29, 0.717) is 29.3 Å². The molecule has 0 saturated heterocycles. The van der Waals surface area contributed by atoms with Gasteiger partial charge in [0.15, 0.2) is 0 Å². The van der Waals surface area contributed by atoms with Gasteiger partial charge in [-0.3, -0.25) is 4.98 Å². The van der Waals surface area contributed by atoms with Crippen LogP contribution in [0, 0.1) is 0 Å². The van der Waals surface area contributed by atoms with Gasteiger partial charge in [0.25, 0.3) is 0 Å². The summed E-state index contributed by atoms with van der Waals surface area (Å²) in [5, 5.41) is 6.88. The van der Waals surface area contributed by atoms with E-state index in [4.69, 9.17) is 4.98 Å². The molecule has 2 N–H and O–H groups in total. The lowest BCUT2D eigenvalue weighted by Crippen LogP contribution is -2.41. The van der Waals surface area contributed by atoms with E-state index in [9.17, 15) is 13.2 Å². The molecular formula is C28H28F3N5. The van der Waals surface area contributed by atoms with Crippen molar-refractivity contribution in [2.24, 2.45) is 0 Å². The van der Waals surface area contributed by atoms with Crippen LogP contribution in [0.5, 0.6) is 0 Å². The fourth-order valence-corrected chi connectivity index (χ4v) is 4.05. The molecule has 5 nitrogen and oxygen atoms in total. The summed E-state index contributed by atoms with van der Waals surface area (Å²) < 4.78 is 40.0. The van der Waals surface area contributed by atoms with Gasteiger partial charge < -0.3 is 10.6 Å². The lowest BCUT2D eigenvalue weighted by molar-refractivity contribution is -0.137. The number of benzene rings is 2. The van der Waals surface area contributed by atoms with Gasteiger partial charge in [-0.15, -0.1) is 0 Å². The van der Waals surface area contributed by atoms with Gasteiger partial charge in [0.1, 0.15) is 0 Å². The van der Waals surface area contributed by atoms with Crippen molar-refractivity contribution in [2.45, 2.75) is 38.5 Å². The number of rotatable bonds is 9. The lowest BCUT2D eigenvalue weighted by atomic mass is 9.99. The fourth-order valence-electron chi connectivity index (χ4n) is 4.05. The van der Waals surface area contributed by atoms with Crippen molar-refractivity contribution in [2.75, 3.05) is 11.9 Å². The molecule has 0 unspecified atom stereocenters. The number of hydrogen-bond donors (Lipinski definition) is 2. The predicted molar refractivity (Wildman–Crippen MR) is 136 cm³/mol. The standard InChI is InChI=1S/C28H28F3N5/c1-19(2)35-24(15-20-7-4-3-5-8-20)17-33-27-34-18-25(26(36-27)21-11-13-32-14-12-21)22-9-6-10-23(16-22)28(29,30)31/h3-14,16,18-19,24,35H,15,17H2,1-2H3,(H,33,34,36)/t24-/m0/s1. The highest BCUT2D eigenvalue weighted by Gasteiger charge is 2.30. The van der Waals surface area contributed by atoms with Crippen LogP contribution in [-0.2, 0) is 12.6 Å². The fraction of sp³-hybridized carbons (Fsp3) is 0.250. The average molecular weight is 492 g/mol. The van der Waals surface area contributed by atoms with E-state index in [1.54, 1.807) is 36.8 Å². The molecule has 8 heteroatoms. The first-order chi connectivity index (χ1) is 17.3. The minimum absolute atomic E-state index is 0.128. The first-order valence-corrected chi connectivity index (χ1v) is 11.8. The topological polar surface area (TPSA) is 62.7 Å². The average Bonchev–Trinajstić information content (AvgIpc) is 2.87. The van der Waals surface area contributed by atoms with Crippen molar-refractivity contribution in [3.05, 3.63) is 96.4 Å². The lowest BCUT2D eigenvalue weighted by Gasteiger charge is -2.22. The van der Waals surface area contributed by atoms with Gasteiger partial charge in [-0.1, -0.05) is 56.3 Å². The second kappa shape index (κ2) is 11.3. The van der Waals surface area contributed by atoms with Crippen LogP contribution in [0.25, 0.3) is 22.4 Å². The molecule has 4 aromatic rings. The number of anilines is 1. The highest BCUT2D eigenvalue weighted by Crippen LogP contribution is 2.35. The molecule has 0 spiro atoms. The van der Waals surface area contributed by atoms with Gasteiger partial charge in [-0.2, -0.15) is 13.2 Å². The minimum atomic E-state index is -4.44. The van der Waals surface area contributed by atoms with Crippen molar-refractivity contribution in [1.82, 2.24) is 20.3 Å². The molecule has 0 aliphatic rings. The summed E-state index contributed by atoms with van der Waals surface area (Å²) in [5.74, 6) is 0.404. The molecular weight excluding hydrogens is 463 g/mol. The highest BCUT2D eigenvalue weighted by molar-refractivity contribution is 5.81. The van der Waals surface area contributed by atoms with Gasteiger partial charge in [0.2, 0.25) is 5.95 Å². The van der Waals surface area contributed by atoms with E-state index < -0.39 is 11.7 Å². The Morgan fingerprint density at radius 3 is 2.33 bits per heavy atom. The number of nitrogens with one attached hydrogen (secondary N) is 2. The van der Waals surface area contributed by atoms with Gasteiger partial charge in [0.05, 0.1) is 11.3 Å². The van der Waals surface area contributed by atoms with E-state index in [1.165, 1.54) is 11.6 Å². The second-order valence-corrected chi connectivity index (χ2v) is 8.86. The van der Waals surface area contributed by atoms with Crippen LogP contribution >= 0.6 is 0 Å². The molecule has 2 aromatic heterocycles. The smallest absolute Gasteiger partial charge is 0.353 e. The molecule has 36 heavy (non-hydrogen) atoms. The molecule has 0 fully saturated rings. The summed E-state index contributed by atoms with van der Waals surface area (Å²) >= 11 is 0. The molecule has 186 valence electrons. The van der Waals surface area contributed by atoms with Crippen LogP contribution in [0.2, 0.25) is 0 Å². The summed E-state index contributed by atoms with van der Waals surface area (Å²) in [6, 6.07) is 19.4. The van der Waals surface area contributed by atoms with E-state index >= 15 is 0 Å². The third-order valence-electron chi connectivity index (χ3n) is 5.64. The van der Waals surface area contributed by atoms with Gasteiger partial charge >= 0.3 is 6.18 Å². The Labute approximate surface area is 208 Å². The van der Waals surface area contributed by atoms with Crippen LogP contribution in [0.1, 0.15) is 25.0 Å². The third kappa shape index (κ3) is 6.66. The number of nitrogens with zero attached hydrogens (tertiary/aromatic N) is 3. The van der Waals surface area contributed by atoms with Crippen LogP contribution in [0.15, 0.2) is 85.3 Å². The Kier molecular flexibility index (Phi) is 7.95. The van der Waals surface area contributed by atoms with E-state index in [-0.39, 0.29) is 12.1 Å². The largest absolute Gasteiger partial charge is 0.416 e. The molecule has 0 aliphatic carbocycles. The maximum absolute atomic E-state index is 13.3. The van der Waals surface area contributed by atoms with Gasteiger partial charge in [0, 0.05) is 48.3 Å². The normalized spacial score (nSPS) is 12.5. The molecule has 0 bridgehead atoms. The molecule has 1 atom stereocenters. The first-order valence-electron chi connectivity index (χ1n) is 11.8. The molecule has 2 heterocycles. The summed E-state index contributed by atoms with van der Waals surface area (Å²) in [7, 11) is 0. The van der Waals surface area contributed by atoms with Crippen LogP contribution in [-0.4, -0.2) is 33.6 Å². The number of halogens is 3. The Bertz CT molecular complexity index is 1260. The maximum Gasteiger partial charge on any atom is 0.416 e. The SMILES string of the molecule is CC(C)N[C@H](CNc1ncc(-c2cccc(C(F)(F)F)c2)c(-c2ccncc2)n1)Cc1ccccc1. The number of aromatic nitrogens is 3. The quantitative estimate of drug-likeness (QED) is 0.290. The van der Waals surface area contributed by atoms with Crippen molar-refractivity contribution < 1.29 is 13.2 Å². The maximum atomic E-state index is 13.3. The predicted octanol–water partition coefficient (Wildman–Crippen LogP) is 6.25. The summed E-state index contributed by atoms with van der Waals surface area (Å²) in [6.07, 6.45) is 1.21. The molecule has 0 amide bonds. The van der Waals surface area contributed by atoms with Crippen LogP contribution in [0.4, 0.5) is 19.1 Å². The van der Waals surface area contributed by atoms with Crippen molar-refractivity contribution in [1.29, 1.82) is 0 Å². The number of pyridine rings is 1. The first kappa shape index (κ1) is 25.3. The Morgan fingerprint density at radius 2 is 1.64 bits per heavy atom. The zero-order chi connectivity index (χ0) is 25.5. The van der Waals surface area contributed by atoms with Crippen molar-refractivity contribution in [3.63, 3.8) is 0 Å². The highest BCUT2D eigenvalue weighted by atomic mass is 19.4. The van der Waals surface area contributed by atoms with E-state index in [2.05, 4.69) is 46.6 Å². The van der Waals surface area contributed by atoms with E-state index in [0.717, 1.165) is 24.1 Å². The van der Waals surface area contributed by atoms with E-state index in [1.807, 2.05) is 18.2 Å². The van der Waals surface area contributed by atoms with Crippen molar-refractivity contribution >= 4 is 5.95 Å². The molecule has 0 radical (unpaired) electrons. The third-order valence-corrected chi connectivity index (χ3v) is 5.64. The van der Waals surface area contributed by atoms with Crippen LogP contribution < -0.4 is 10.6 Å². The van der Waals surface area contributed by atoms with Gasteiger partial charge in [-0.25, -0.2) is 9.97 Å².